The number of rotatable bonds is 5. The summed E-state index contributed by atoms with van der Waals surface area (Å²) < 4.78 is 5.59. The highest BCUT2D eigenvalue weighted by atomic mass is 35.5. The van der Waals surface area contributed by atoms with Gasteiger partial charge >= 0.3 is 0 Å². The molecule has 1 N–H and O–H groups in total. The molecule has 0 fully saturated rings. The quantitative estimate of drug-likeness (QED) is 0.853. The molecule has 3 heteroatoms. The lowest BCUT2D eigenvalue weighted by Crippen LogP contribution is -2.30. The van der Waals surface area contributed by atoms with E-state index < -0.39 is 0 Å². The SMILES string of the molecule is Cc1cc(C(C)NC(C)Cc2ccc(Cl)cc2)c(C)o1. The second-order valence-electron chi connectivity index (χ2n) is 5.49. The van der Waals surface area contributed by atoms with Crippen LogP contribution in [0.4, 0.5) is 0 Å². The Labute approximate surface area is 126 Å². The van der Waals surface area contributed by atoms with Crippen LogP contribution in [0.15, 0.2) is 34.7 Å². The summed E-state index contributed by atoms with van der Waals surface area (Å²) in [5, 5.41) is 4.40. The largest absolute Gasteiger partial charge is 0.466 e. The topological polar surface area (TPSA) is 25.2 Å². The van der Waals surface area contributed by atoms with Gasteiger partial charge in [0.25, 0.3) is 0 Å². The van der Waals surface area contributed by atoms with E-state index in [2.05, 4.69) is 37.4 Å². The van der Waals surface area contributed by atoms with Crippen molar-refractivity contribution in [2.75, 3.05) is 0 Å². The molecule has 1 heterocycles. The minimum absolute atomic E-state index is 0.287. The molecule has 0 saturated carbocycles. The molecule has 0 aliphatic rings. The third kappa shape index (κ3) is 3.87. The maximum atomic E-state index is 5.91. The number of furan rings is 1. The molecule has 0 spiro atoms. The van der Waals surface area contributed by atoms with Gasteiger partial charge in [-0.1, -0.05) is 23.7 Å². The summed E-state index contributed by atoms with van der Waals surface area (Å²) in [5.74, 6) is 1.97. The van der Waals surface area contributed by atoms with E-state index in [1.807, 2.05) is 26.0 Å². The molecule has 0 amide bonds. The Morgan fingerprint density at radius 1 is 1.15 bits per heavy atom. The lowest BCUT2D eigenvalue weighted by Gasteiger charge is -2.20. The molecule has 108 valence electrons. The number of hydrogen-bond donors (Lipinski definition) is 1. The minimum atomic E-state index is 0.287. The fourth-order valence-corrected chi connectivity index (χ4v) is 2.76. The lowest BCUT2D eigenvalue weighted by atomic mass is 10.0. The van der Waals surface area contributed by atoms with E-state index in [1.165, 1.54) is 11.1 Å². The molecule has 1 aromatic carbocycles. The van der Waals surface area contributed by atoms with Crippen LogP contribution in [-0.4, -0.2) is 6.04 Å². The molecule has 0 aliphatic heterocycles. The zero-order valence-electron chi connectivity index (χ0n) is 12.5. The van der Waals surface area contributed by atoms with Gasteiger partial charge in [-0.05, 0) is 57.9 Å². The first kappa shape index (κ1) is 15.1. The standard InChI is InChI=1S/C17H22ClNO/c1-11(9-15-5-7-16(18)8-6-15)19-13(3)17-10-12(2)20-14(17)4/h5-8,10-11,13,19H,9H2,1-4H3. The minimum Gasteiger partial charge on any atom is -0.466 e. The van der Waals surface area contributed by atoms with Crippen molar-refractivity contribution in [2.24, 2.45) is 0 Å². The van der Waals surface area contributed by atoms with Crippen LogP contribution >= 0.6 is 11.6 Å². The van der Waals surface area contributed by atoms with Crippen LogP contribution in [0.3, 0.4) is 0 Å². The van der Waals surface area contributed by atoms with Crippen molar-refractivity contribution >= 4 is 11.6 Å². The van der Waals surface area contributed by atoms with Crippen LogP contribution in [0.2, 0.25) is 5.02 Å². The first-order valence-corrected chi connectivity index (χ1v) is 7.41. The van der Waals surface area contributed by atoms with Gasteiger partial charge in [0.15, 0.2) is 0 Å². The highest BCUT2D eigenvalue weighted by Gasteiger charge is 2.15. The molecule has 2 aromatic rings. The second-order valence-corrected chi connectivity index (χ2v) is 5.93. The highest BCUT2D eigenvalue weighted by Crippen LogP contribution is 2.22. The zero-order valence-corrected chi connectivity index (χ0v) is 13.3. The number of halogens is 1. The van der Waals surface area contributed by atoms with E-state index >= 15 is 0 Å². The number of nitrogens with one attached hydrogen (secondary N) is 1. The third-order valence-corrected chi connectivity index (χ3v) is 3.79. The van der Waals surface area contributed by atoms with Gasteiger partial charge in [-0.2, -0.15) is 0 Å². The molecular weight excluding hydrogens is 270 g/mol. The maximum absolute atomic E-state index is 5.91. The van der Waals surface area contributed by atoms with Gasteiger partial charge in [0.05, 0.1) is 0 Å². The van der Waals surface area contributed by atoms with E-state index in [4.69, 9.17) is 16.0 Å². The number of hydrogen-bond acceptors (Lipinski definition) is 2. The molecule has 1 aromatic heterocycles. The number of benzene rings is 1. The summed E-state index contributed by atoms with van der Waals surface area (Å²) in [4.78, 5) is 0. The first-order valence-electron chi connectivity index (χ1n) is 7.03. The normalized spacial score (nSPS) is 14.2. The fourth-order valence-electron chi connectivity index (χ4n) is 2.63. The van der Waals surface area contributed by atoms with Crippen molar-refractivity contribution in [1.29, 1.82) is 0 Å². The van der Waals surface area contributed by atoms with Gasteiger partial charge in [-0.3, -0.25) is 0 Å². The number of aryl methyl sites for hydroxylation is 2. The maximum Gasteiger partial charge on any atom is 0.105 e. The summed E-state index contributed by atoms with van der Waals surface area (Å²) >= 11 is 5.91. The summed E-state index contributed by atoms with van der Waals surface area (Å²) in [7, 11) is 0. The van der Waals surface area contributed by atoms with Gasteiger partial charge in [0, 0.05) is 22.7 Å². The zero-order chi connectivity index (χ0) is 14.7. The van der Waals surface area contributed by atoms with Crippen LogP contribution in [0, 0.1) is 13.8 Å². The Kier molecular flexibility index (Phi) is 4.90. The Balaban J connectivity index is 1.95. The van der Waals surface area contributed by atoms with Crippen LogP contribution in [0.1, 0.15) is 42.5 Å². The molecule has 0 bridgehead atoms. The van der Waals surface area contributed by atoms with Gasteiger partial charge in [0.2, 0.25) is 0 Å². The molecule has 2 atom stereocenters. The summed E-state index contributed by atoms with van der Waals surface area (Å²) in [6.45, 7) is 8.38. The Morgan fingerprint density at radius 3 is 2.35 bits per heavy atom. The van der Waals surface area contributed by atoms with Gasteiger partial charge < -0.3 is 9.73 Å². The van der Waals surface area contributed by atoms with E-state index in [1.54, 1.807) is 0 Å². The second kappa shape index (κ2) is 6.47. The van der Waals surface area contributed by atoms with Crippen LogP contribution in [-0.2, 0) is 6.42 Å². The van der Waals surface area contributed by atoms with Crippen molar-refractivity contribution in [3.63, 3.8) is 0 Å². The van der Waals surface area contributed by atoms with Crippen molar-refractivity contribution in [1.82, 2.24) is 5.32 Å². The molecule has 0 aliphatic carbocycles. The van der Waals surface area contributed by atoms with Gasteiger partial charge in [0.1, 0.15) is 11.5 Å². The lowest BCUT2D eigenvalue weighted by molar-refractivity contribution is 0.459. The average molecular weight is 292 g/mol. The van der Waals surface area contributed by atoms with Crippen LogP contribution < -0.4 is 5.32 Å². The van der Waals surface area contributed by atoms with Crippen molar-refractivity contribution in [3.05, 3.63) is 58.0 Å². The monoisotopic (exact) mass is 291 g/mol. The molecule has 2 unspecified atom stereocenters. The predicted molar refractivity (Wildman–Crippen MR) is 84.4 cm³/mol. The Hall–Kier alpha value is -1.25. The fraction of sp³-hybridized carbons (Fsp3) is 0.412. The van der Waals surface area contributed by atoms with Gasteiger partial charge in [-0.25, -0.2) is 0 Å². The average Bonchev–Trinajstić information content (AvgIpc) is 2.71. The molecule has 2 rings (SSSR count). The highest BCUT2D eigenvalue weighted by molar-refractivity contribution is 6.30. The van der Waals surface area contributed by atoms with E-state index in [9.17, 15) is 0 Å². The predicted octanol–water partition coefficient (Wildman–Crippen LogP) is 4.83. The molecule has 0 saturated heterocycles. The van der Waals surface area contributed by atoms with E-state index in [0.717, 1.165) is 23.0 Å². The van der Waals surface area contributed by atoms with E-state index in [0.29, 0.717) is 6.04 Å². The van der Waals surface area contributed by atoms with Crippen LogP contribution in [0.25, 0.3) is 0 Å². The Morgan fingerprint density at radius 2 is 1.80 bits per heavy atom. The van der Waals surface area contributed by atoms with Crippen LogP contribution in [0.5, 0.6) is 0 Å². The Bertz CT molecular complexity index is 559. The summed E-state index contributed by atoms with van der Waals surface area (Å²) in [6.07, 6.45) is 0.984. The molecule has 2 nitrogen and oxygen atoms in total. The van der Waals surface area contributed by atoms with Gasteiger partial charge in [-0.15, -0.1) is 0 Å². The molecule has 0 radical (unpaired) electrons. The summed E-state index contributed by atoms with van der Waals surface area (Å²) in [6, 6.07) is 10.8. The first-order chi connectivity index (χ1) is 9.45. The molecule has 20 heavy (non-hydrogen) atoms. The van der Waals surface area contributed by atoms with Crippen molar-refractivity contribution in [2.45, 2.75) is 46.2 Å². The van der Waals surface area contributed by atoms with E-state index in [-0.39, 0.29) is 6.04 Å². The van der Waals surface area contributed by atoms with Crippen molar-refractivity contribution in [3.8, 4) is 0 Å². The summed E-state index contributed by atoms with van der Waals surface area (Å²) in [5.41, 5.74) is 2.53. The van der Waals surface area contributed by atoms with Crippen molar-refractivity contribution < 1.29 is 4.42 Å². The molecular formula is C17H22ClNO. The smallest absolute Gasteiger partial charge is 0.105 e. The third-order valence-electron chi connectivity index (χ3n) is 3.54.